The van der Waals surface area contributed by atoms with Crippen molar-refractivity contribution in [1.29, 1.82) is 0 Å². The second-order valence-corrected chi connectivity index (χ2v) is 11.9. The molecule has 1 aliphatic heterocycles. The van der Waals surface area contributed by atoms with E-state index in [0.717, 1.165) is 21.1 Å². The minimum Gasteiger partial charge on any atom is -0.301 e. The Kier molecular flexibility index (Phi) is 5.36. The van der Waals surface area contributed by atoms with Crippen LogP contribution in [0.25, 0.3) is 6.08 Å². The lowest BCUT2D eigenvalue weighted by Crippen LogP contribution is -2.29. The molecule has 0 N–H and O–H groups in total. The molecule has 0 radical (unpaired) electrons. The van der Waals surface area contributed by atoms with Crippen LogP contribution in [0.1, 0.15) is 81.5 Å². The standard InChI is InChI=1S/C33H29NO2S/c1-19(2)21-12-14-29-27(16-21)33(4,5)28-18-23(37-32(28)34(29)22-9-7-6-8-10-22)17-26-30(35)24-13-11-20(3)15-25(24)31(26)36/h6-19H,1-5H3/b26-17+. The van der Waals surface area contributed by atoms with Gasteiger partial charge in [-0.1, -0.05) is 75.7 Å². The topological polar surface area (TPSA) is 37.4 Å². The minimum absolute atomic E-state index is 0.181. The van der Waals surface area contributed by atoms with Crippen LogP contribution >= 0.6 is 11.3 Å². The summed E-state index contributed by atoms with van der Waals surface area (Å²) in [6.07, 6.45) is 1.80. The van der Waals surface area contributed by atoms with Crippen LogP contribution in [0.3, 0.4) is 0 Å². The number of fused-ring (bicyclic) bond motifs is 3. The number of aryl methyl sites for hydroxylation is 1. The van der Waals surface area contributed by atoms with Gasteiger partial charge in [-0.15, -0.1) is 11.3 Å². The van der Waals surface area contributed by atoms with Gasteiger partial charge in [-0.05, 0) is 65.9 Å². The van der Waals surface area contributed by atoms with Gasteiger partial charge in [-0.3, -0.25) is 9.59 Å². The van der Waals surface area contributed by atoms with Crippen LogP contribution in [-0.2, 0) is 5.41 Å². The van der Waals surface area contributed by atoms with E-state index in [9.17, 15) is 9.59 Å². The molecule has 2 aliphatic rings. The molecule has 184 valence electrons. The molecule has 0 amide bonds. The third-order valence-corrected chi connectivity index (χ3v) is 8.73. The number of nitrogens with zero attached hydrogens (tertiary/aromatic N) is 1. The fourth-order valence-corrected chi connectivity index (χ4v) is 6.79. The number of Topliss-reactive ketones (excluding diaryl/α,β-unsaturated/α-hetero) is 2. The monoisotopic (exact) mass is 503 g/mol. The smallest absolute Gasteiger partial charge is 0.197 e. The predicted molar refractivity (Wildman–Crippen MR) is 153 cm³/mol. The molecular formula is C33H29NO2S. The summed E-state index contributed by atoms with van der Waals surface area (Å²) in [6.45, 7) is 10.9. The van der Waals surface area contributed by atoms with Crippen LogP contribution in [0, 0.1) is 6.92 Å². The van der Waals surface area contributed by atoms with Gasteiger partial charge in [0.25, 0.3) is 0 Å². The second-order valence-electron chi connectivity index (χ2n) is 10.9. The maximum atomic E-state index is 13.2. The molecule has 0 bridgehead atoms. The van der Waals surface area contributed by atoms with Crippen molar-refractivity contribution in [3.05, 3.63) is 117 Å². The second kappa shape index (κ2) is 8.39. The number of allylic oxidation sites excluding steroid dienone is 1. The van der Waals surface area contributed by atoms with Gasteiger partial charge in [0, 0.05) is 27.1 Å². The Hall–Kier alpha value is -3.76. The highest BCUT2D eigenvalue weighted by molar-refractivity contribution is 7.17. The van der Waals surface area contributed by atoms with E-state index < -0.39 is 0 Å². The Morgan fingerprint density at radius 2 is 1.57 bits per heavy atom. The number of benzene rings is 3. The Balaban J connectivity index is 1.53. The minimum atomic E-state index is -0.238. The van der Waals surface area contributed by atoms with Crippen LogP contribution in [-0.4, -0.2) is 11.6 Å². The molecular weight excluding hydrogens is 474 g/mol. The number of carbonyl (C=O) groups is 2. The lowest BCUT2D eigenvalue weighted by molar-refractivity contribution is 0.0990. The lowest BCUT2D eigenvalue weighted by Gasteiger charge is -2.40. The van der Waals surface area contributed by atoms with E-state index >= 15 is 0 Å². The highest BCUT2D eigenvalue weighted by atomic mass is 32.1. The van der Waals surface area contributed by atoms with Gasteiger partial charge >= 0.3 is 0 Å². The van der Waals surface area contributed by atoms with Gasteiger partial charge < -0.3 is 4.90 Å². The largest absolute Gasteiger partial charge is 0.301 e. The van der Waals surface area contributed by atoms with Crippen LogP contribution < -0.4 is 4.90 Å². The van der Waals surface area contributed by atoms with Crippen molar-refractivity contribution < 1.29 is 9.59 Å². The molecule has 0 unspecified atom stereocenters. The molecule has 6 rings (SSSR count). The Morgan fingerprint density at radius 1 is 0.838 bits per heavy atom. The van der Waals surface area contributed by atoms with Crippen molar-refractivity contribution in [1.82, 2.24) is 0 Å². The Labute approximate surface area is 222 Å². The lowest BCUT2D eigenvalue weighted by atomic mass is 9.74. The first-order valence-corrected chi connectivity index (χ1v) is 13.5. The molecule has 0 spiro atoms. The number of anilines is 3. The average molecular weight is 504 g/mol. The normalized spacial score (nSPS) is 16.8. The van der Waals surface area contributed by atoms with Crippen molar-refractivity contribution in [3.8, 4) is 0 Å². The number of hydrogen-bond donors (Lipinski definition) is 0. The molecule has 3 nitrogen and oxygen atoms in total. The Bertz CT molecular complexity index is 1620. The van der Waals surface area contributed by atoms with E-state index in [1.165, 1.54) is 22.4 Å². The molecule has 0 saturated heterocycles. The summed E-state index contributed by atoms with van der Waals surface area (Å²) in [5.41, 5.74) is 8.07. The maximum Gasteiger partial charge on any atom is 0.197 e. The van der Waals surface area contributed by atoms with Crippen LogP contribution in [0.5, 0.6) is 0 Å². The summed E-state index contributed by atoms with van der Waals surface area (Å²) in [4.78, 5) is 29.6. The fraction of sp³-hybridized carbons (Fsp3) is 0.212. The first-order valence-electron chi connectivity index (χ1n) is 12.7. The molecule has 4 heteroatoms. The summed E-state index contributed by atoms with van der Waals surface area (Å²) >= 11 is 1.63. The van der Waals surface area contributed by atoms with Crippen molar-refractivity contribution in [2.75, 3.05) is 4.90 Å². The number of carbonyl (C=O) groups excluding carboxylic acids is 2. The van der Waals surface area contributed by atoms with Crippen LogP contribution in [0.4, 0.5) is 16.4 Å². The third-order valence-electron chi connectivity index (χ3n) is 7.66. The van der Waals surface area contributed by atoms with Gasteiger partial charge in [0.15, 0.2) is 11.6 Å². The molecule has 0 saturated carbocycles. The van der Waals surface area contributed by atoms with Crippen molar-refractivity contribution in [2.24, 2.45) is 0 Å². The van der Waals surface area contributed by atoms with Gasteiger partial charge in [0.1, 0.15) is 5.00 Å². The van der Waals surface area contributed by atoms with Crippen molar-refractivity contribution >= 4 is 45.4 Å². The maximum absolute atomic E-state index is 13.2. The van der Waals surface area contributed by atoms with E-state index in [2.05, 4.69) is 81.1 Å². The number of thiophene rings is 1. The first kappa shape index (κ1) is 23.6. The van der Waals surface area contributed by atoms with Crippen molar-refractivity contribution in [2.45, 2.75) is 46.0 Å². The van der Waals surface area contributed by atoms with Crippen LogP contribution in [0.2, 0.25) is 0 Å². The molecule has 0 fully saturated rings. The first-order chi connectivity index (χ1) is 17.7. The van der Waals surface area contributed by atoms with E-state index in [1.54, 1.807) is 23.5 Å². The third kappa shape index (κ3) is 3.62. The van der Waals surface area contributed by atoms with E-state index in [0.29, 0.717) is 17.0 Å². The van der Waals surface area contributed by atoms with Gasteiger partial charge in [0.05, 0.1) is 11.3 Å². The zero-order valence-electron chi connectivity index (χ0n) is 21.8. The molecule has 1 aromatic heterocycles. The fourth-order valence-electron chi connectivity index (χ4n) is 5.49. The molecule has 37 heavy (non-hydrogen) atoms. The number of rotatable bonds is 3. The molecule has 0 atom stereocenters. The van der Waals surface area contributed by atoms with E-state index in [-0.39, 0.29) is 22.6 Å². The zero-order chi connectivity index (χ0) is 26.1. The molecule has 3 aromatic carbocycles. The molecule has 1 aliphatic carbocycles. The Morgan fingerprint density at radius 3 is 2.30 bits per heavy atom. The summed E-state index contributed by atoms with van der Waals surface area (Å²) in [5, 5.41) is 1.12. The molecule has 2 heterocycles. The average Bonchev–Trinajstić information content (AvgIpc) is 3.40. The number of para-hydroxylation sites is 1. The predicted octanol–water partition coefficient (Wildman–Crippen LogP) is 8.75. The molecule has 4 aromatic rings. The highest BCUT2D eigenvalue weighted by Crippen LogP contribution is 2.55. The summed E-state index contributed by atoms with van der Waals surface area (Å²) in [7, 11) is 0. The van der Waals surface area contributed by atoms with Crippen LogP contribution in [0.15, 0.2) is 78.4 Å². The summed E-state index contributed by atoms with van der Waals surface area (Å²) in [5.74, 6) is 0.0645. The summed E-state index contributed by atoms with van der Waals surface area (Å²) in [6, 6.07) is 24.9. The number of hydrogen-bond acceptors (Lipinski definition) is 4. The highest BCUT2D eigenvalue weighted by Gasteiger charge is 2.39. The quantitative estimate of drug-likeness (QED) is 0.207. The van der Waals surface area contributed by atoms with E-state index in [1.807, 2.05) is 25.1 Å². The van der Waals surface area contributed by atoms with Gasteiger partial charge in [0.2, 0.25) is 0 Å². The van der Waals surface area contributed by atoms with E-state index in [4.69, 9.17) is 0 Å². The SMILES string of the molecule is Cc1ccc2c(c1)C(=O)/C(=C/c1cc3c(s1)N(c1ccccc1)c1ccc(C(C)C)cc1C3(C)C)C2=O. The van der Waals surface area contributed by atoms with Gasteiger partial charge in [-0.25, -0.2) is 0 Å². The van der Waals surface area contributed by atoms with Crippen molar-refractivity contribution in [3.63, 3.8) is 0 Å². The summed E-state index contributed by atoms with van der Waals surface area (Å²) < 4.78 is 0. The zero-order valence-corrected chi connectivity index (χ0v) is 22.6. The van der Waals surface area contributed by atoms with Gasteiger partial charge in [-0.2, -0.15) is 0 Å². The number of ketones is 2.